The van der Waals surface area contributed by atoms with E-state index in [4.69, 9.17) is 11.6 Å². The summed E-state index contributed by atoms with van der Waals surface area (Å²) in [5.41, 5.74) is 1.36. The number of fused-ring (bicyclic) bond motifs is 1. The summed E-state index contributed by atoms with van der Waals surface area (Å²) in [5, 5.41) is 22.8. The van der Waals surface area contributed by atoms with Crippen molar-refractivity contribution in [2.75, 3.05) is 0 Å². The Balaban J connectivity index is 2.47. The Bertz CT molecular complexity index is 1190. The van der Waals surface area contributed by atoms with Crippen LogP contribution in [0.25, 0.3) is 21.9 Å². The number of rotatable bonds is 3. The van der Waals surface area contributed by atoms with Crippen LogP contribution in [0, 0.1) is 16.7 Å². The van der Waals surface area contributed by atoms with E-state index in [0.717, 1.165) is 5.56 Å². The Hall–Kier alpha value is -3.30. The molecule has 1 unspecified atom stereocenters. The molecule has 0 aliphatic rings. The van der Waals surface area contributed by atoms with E-state index in [2.05, 4.69) is 16.4 Å². The molecule has 6 nitrogen and oxygen atoms in total. The molecule has 2 aromatic carbocycles. The summed E-state index contributed by atoms with van der Waals surface area (Å²) in [6.45, 7) is 5.65. The van der Waals surface area contributed by atoms with E-state index in [1.54, 1.807) is 42.5 Å². The van der Waals surface area contributed by atoms with E-state index in [9.17, 15) is 20.0 Å². The highest BCUT2D eigenvalue weighted by atomic mass is 35.5. The lowest BCUT2D eigenvalue weighted by Gasteiger charge is -2.32. The fourth-order valence-electron chi connectivity index (χ4n) is 3.41. The second-order valence-electron chi connectivity index (χ2n) is 7.87. The number of nitrogens with one attached hydrogen (secondary N) is 2. The van der Waals surface area contributed by atoms with Gasteiger partial charge in [0, 0.05) is 21.7 Å². The number of halogens is 1. The maximum atomic E-state index is 12.8. The molecule has 148 valence electrons. The molecule has 1 atom stereocenters. The van der Waals surface area contributed by atoms with Crippen LogP contribution in [-0.2, 0) is 0 Å². The van der Waals surface area contributed by atoms with Gasteiger partial charge >= 0.3 is 6.09 Å². The first-order chi connectivity index (χ1) is 13.6. The van der Waals surface area contributed by atoms with E-state index >= 15 is 0 Å². The van der Waals surface area contributed by atoms with Crippen LogP contribution in [0.4, 0.5) is 4.79 Å². The monoisotopic (exact) mass is 409 g/mol. The molecule has 1 amide bonds. The number of aromatic nitrogens is 1. The predicted molar refractivity (Wildman–Crippen MR) is 113 cm³/mol. The minimum Gasteiger partial charge on any atom is -0.465 e. The van der Waals surface area contributed by atoms with E-state index in [0.29, 0.717) is 32.6 Å². The van der Waals surface area contributed by atoms with Crippen molar-refractivity contribution < 1.29 is 9.90 Å². The van der Waals surface area contributed by atoms with Crippen LogP contribution in [0.3, 0.4) is 0 Å². The van der Waals surface area contributed by atoms with Gasteiger partial charge in [-0.1, -0.05) is 44.5 Å². The number of H-pyrrole nitrogens is 1. The average Bonchev–Trinajstić information content (AvgIpc) is 2.65. The van der Waals surface area contributed by atoms with E-state index in [1.807, 2.05) is 20.8 Å². The minimum absolute atomic E-state index is 0.348. The quantitative estimate of drug-likeness (QED) is 0.561. The summed E-state index contributed by atoms with van der Waals surface area (Å²) in [6, 6.07) is 13.3. The molecule has 3 aromatic rings. The van der Waals surface area contributed by atoms with Gasteiger partial charge in [0.15, 0.2) is 0 Å². The minimum atomic E-state index is -1.20. The van der Waals surface area contributed by atoms with Crippen LogP contribution in [0.15, 0.2) is 47.3 Å². The fraction of sp³-hybridized carbons (Fsp3) is 0.227. The third-order valence-corrected chi connectivity index (χ3v) is 4.99. The van der Waals surface area contributed by atoms with Crippen molar-refractivity contribution in [3.05, 3.63) is 69.1 Å². The number of carbonyl (C=O) groups is 1. The van der Waals surface area contributed by atoms with Gasteiger partial charge in [-0.3, -0.25) is 4.79 Å². The molecular weight excluding hydrogens is 390 g/mol. The molecule has 0 bridgehead atoms. The number of hydrogen-bond acceptors (Lipinski definition) is 3. The fourth-order valence-corrected chi connectivity index (χ4v) is 3.53. The Morgan fingerprint density at radius 1 is 1.17 bits per heavy atom. The van der Waals surface area contributed by atoms with Crippen LogP contribution >= 0.6 is 11.6 Å². The van der Waals surface area contributed by atoms with Crippen LogP contribution in [0.1, 0.15) is 38.1 Å². The van der Waals surface area contributed by atoms with Crippen molar-refractivity contribution in [2.45, 2.75) is 26.8 Å². The van der Waals surface area contributed by atoms with Gasteiger partial charge in [0.05, 0.1) is 17.7 Å². The smallest absolute Gasteiger partial charge is 0.405 e. The zero-order valence-electron chi connectivity index (χ0n) is 16.2. The van der Waals surface area contributed by atoms with Gasteiger partial charge in [-0.15, -0.1) is 0 Å². The normalized spacial score (nSPS) is 12.4. The number of amides is 1. The molecular formula is C22H20ClN3O3. The highest BCUT2D eigenvalue weighted by Gasteiger charge is 2.32. The molecule has 0 saturated heterocycles. The number of carboxylic acid groups (broad SMARTS) is 1. The number of benzene rings is 2. The van der Waals surface area contributed by atoms with Gasteiger partial charge in [0.2, 0.25) is 0 Å². The Kier molecular flexibility index (Phi) is 5.36. The van der Waals surface area contributed by atoms with E-state index in [-0.39, 0.29) is 5.56 Å². The molecule has 3 rings (SSSR count). The summed E-state index contributed by atoms with van der Waals surface area (Å²) in [7, 11) is 0. The number of hydrogen-bond donors (Lipinski definition) is 3. The number of nitrogens with zero attached hydrogens (tertiary/aromatic N) is 1. The summed E-state index contributed by atoms with van der Waals surface area (Å²) in [4.78, 5) is 27.2. The predicted octanol–water partition coefficient (Wildman–Crippen LogP) is 5.07. The topological polar surface area (TPSA) is 106 Å². The summed E-state index contributed by atoms with van der Waals surface area (Å²) < 4.78 is 0. The zero-order chi connectivity index (χ0) is 21.3. The largest absolute Gasteiger partial charge is 0.465 e. The molecule has 0 saturated carbocycles. The van der Waals surface area contributed by atoms with Gasteiger partial charge in [0.25, 0.3) is 5.56 Å². The molecule has 0 aliphatic carbocycles. The Labute approximate surface area is 172 Å². The van der Waals surface area contributed by atoms with Gasteiger partial charge < -0.3 is 15.4 Å². The second-order valence-corrected chi connectivity index (χ2v) is 8.31. The van der Waals surface area contributed by atoms with Crippen molar-refractivity contribution in [3.63, 3.8) is 0 Å². The number of pyridine rings is 1. The van der Waals surface area contributed by atoms with E-state index < -0.39 is 17.6 Å². The maximum Gasteiger partial charge on any atom is 0.405 e. The Morgan fingerprint density at radius 2 is 1.83 bits per heavy atom. The highest BCUT2D eigenvalue weighted by molar-refractivity contribution is 6.30. The van der Waals surface area contributed by atoms with Crippen molar-refractivity contribution >= 4 is 28.5 Å². The zero-order valence-corrected chi connectivity index (χ0v) is 17.0. The van der Waals surface area contributed by atoms with Crippen molar-refractivity contribution in [2.24, 2.45) is 5.41 Å². The molecule has 7 heteroatoms. The molecule has 0 aliphatic heterocycles. The summed E-state index contributed by atoms with van der Waals surface area (Å²) in [6.07, 6.45) is -1.20. The first-order valence-electron chi connectivity index (χ1n) is 8.97. The average molecular weight is 410 g/mol. The Morgan fingerprint density at radius 3 is 2.38 bits per heavy atom. The van der Waals surface area contributed by atoms with Crippen LogP contribution in [0.2, 0.25) is 5.02 Å². The molecule has 3 N–H and O–H groups in total. The first-order valence-corrected chi connectivity index (χ1v) is 9.35. The third-order valence-electron chi connectivity index (χ3n) is 4.74. The van der Waals surface area contributed by atoms with Gasteiger partial charge in [-0.25, -0.2) is 4.79 Å². The van der Waals surface area contributed by atoms with Crippen molar-refractivity contribution in [1.29, 1.82) is 5.26 Å². The lowest BCUT2D eigenvalue weighted by molar-refractivity contribution is 0.174. The molecule has 29 heavy (non-hydrogen) atoms. The van der Waals surface area contributed by atoms with Crippen molar-refractivity contribution in [1.82, 2.24) is 10.3 Å². The highest BCUT2D eigenvalue weighted by Crippen LogP contribution is 2.40. The lowest BCUT2D eigenvalue weighted by Crippen LogP contribution is -2.37. The first kappa shape index (κ1) is 20.4. The van der Waals surface area contributed by atoms with Crippen LogP contribution in [-0.4, -0.2) is 16.2 Å². The van der Waals surface area contributed by atoms with Gasteiger partial charge in [-0.05, 0) is 46.7 Å². The van der Waals surface area contributed by atoms with Gasteiger partial charge in [-0.2, -0.15) is 5.26 Å². The number of nitriles is 1. The maximum absolute atomic E-state index is 12.8. The molecule has 1 aromatic heterocycles. The van der Waals surface area contributed by atoms with Crippen LogP contribution in [0.5, 0.6) is 0 Å². The molecule has 0 fully saturated rings. The SMILES string of the molecule is CC(C)(C)C(NC(=O)O)c1[nH]c(=O)c2ccc(C#N)cc2c1-c1ccc(Cl)cc1. The lowest BCUT2D eigenvalue weighted by atomic mass is 9.81. The van der Waals surface area contributed by atoms with Crippen LogP contribution < -0.4 is 10.9 Å². The van der Waals surface area contributed by atoms with E-state index in [1.165, 1.54) is 0 Å². The van der Waals surface area contributed by atoms with Gasteiger partial charge in [0.1, 0.15) is 0 Å². The molecule has 0 radical (unpaired) electrons. The third kappa shape index (κ3) is 4.10. The molecule has 1 heterocycles. The summed E-state index contributed by atoms with van der Waals surface area (Å²) in [5.74, 6) is 0. The second kappa shape index (κ2) is 7.61. The summed E-state index contributed by atoms with van der Waals surface area (Å²) >= 11 is 6.04. The standard InChI is InChI=1S/C22H20ClN3O3/c1-22(2,3)19(26-21(28)29)18-17(13-5-7-14(23)8-6-13)16-10-12(11-24)4-9-15(16)20(27)25-18/h4-10,19,26H,1-3H3,(H,25,27)(H,28,29). The van der Waals surface area contributed by atoms with Crippen molar-refractivity contribution in [3.8, 4) is 17.2 Å². The number of aromatic amines is 1. The molecule has 0 spiro atoms.